The van der Waals surface area contributed by atoms with Crippen LogP contribution in [0.25, 0.3) is 0 Å². The Morgan fingerprint density at radius 1 is 1.33 bits per heavy atom. The number of methoxy groups -OCH3 is 2. The summed E-state index contributed by atoms with van der Waals surface area (Å²) in [5.41, 5.74) is 0. The van der Waals surface area contributed by atoms with Crippen LogP contribution in [0.1, 0.15) is 6.42 Å². The number of carbonyl (C=O) groups excluding carboxylic acids is 1. The molecule has 0 bridgehead atoms. The van der Waals surface area contributed by atoms with Gasteiger partial charge in [0.15, 0.2) is 5.78 Å². The molecule has 0 radical (unpaired) electrons. The van der Waals surface area contributed by atoms with Crippen molar-refractivity contribution in [3.05, 3.63) is 0 Å². The Morgan fingerprint density at radius 2 is 2.07 bits per heavy atom. The molecular weight excluding hydrogens is 196 g/mol. The molecule has 86 valence electrons. The van der Waals surface area contributed by atoms with Gasteiger partial charge in [-0.2, -0.15) is 5.26 Å². The molecule has 0 aliphatic carbocycles. The molecular formula is C10H18N2O3. The van der Waals surface area contributed by atoms with E-state index in [9.17, 15) is 4.79 Å². The summed E-state index contributed by atoms with van der Waals surface area (Å²) >= 11 is 0. The SMILES string of the molecule is COCCN(CCC#N)CC(=O)COC. The second-order valence-corrected chi connectivity index (χ2v) is 3.15. The van der Waals surface area contributed by atoms with Gasteiger partial charge in [-0.3, -0.25) is 9.69 Å². The first-order valence-electron chi connectivity index (χ1n) is 4.83. The fourth-order valence-corrected chi connectivity index (χ4v) is 1.15. The zero-order valence-corrected chi connectivity index (χ0v) is 9.36. The molecule has 15 heavy (non-hydrogen) atoms. The summed E-state index contributed by atoms with van der Waals surface area (Å²) < 4.78 is 9.67. The van der Waals surface area contributed by atoms with Crippen LogP contribution in [0.15, 0.2) is 0 Å². The van der Waals surface area contributed by atoms with Gasteiger partial charge in [0.1, 0.15) is 6.61 Å². The van der Waals surface area contributed by atoms with Crippen molar-refractivity contribution >= 4 is 5.78 Å². The van der Waals surface area contributed by atoms with Crippen LogP contribution >= 0.6 is 0 Å². The maximum atomic E-state index is 11.3. The summed E-state index contributed by atoms with van der Waals surface area (Å²) in [7, 11) is 3.10. The van der Waals surface area contributed by atoms with Crippen LogP contribution in [-0.2, 0) is 14.3 Å². The Balaban J connectivity index is 3.88. The van der Waals surface area contributed by atoms with Gasteiger partial charge < -0.3 is 9.47 Å². The molecule has 0 aromatic rings. The Kier molecular flexibility index (Phi) is 8.98. The van der Waals surface area contributed by atoms with Gasteiger partial charge in [0.2, 0.25) is 0 Å². The molecule has 0 spiro atoms. The third kappa shape index (κ3) is 8.06. The third-order valence-electron chi connectivity index (χ3n) is 1.86. The monoisotopic (exact) mass is 214 g/mol. The van der Waals surface area contributed by atoms with Crippen molar-refractivity contribution in [1.29, 1.82) is 5.26 Å². The molecule has 0 aromatic carbocycles. The van der Waals surface area contributed by atoms with Crippen molar-refractivity contribution in [3.63, 3.8) is 0 Å². The number of ketones is 1. The standard InChI is InChI=1S/C10H18N2O3/c1-14-7-6-12(5-3-4-11)8-10(13)9-15-2/h3,5-9H2,1-2H3. The van der Waals surface area contributed by atoms with Crippen molar-refractivity contribution in [2.45, 2.75) is 6.42 Å². The van der Waals surface area contributed by atoms with E-state index in [4.69, 9.17) is 14.7 Å². The zero-order valence-electron chi connectivity index (χ0n) is 9.36. The molecule has 0 fully saturated rings. The molecule has 0 aromatic heterocycles. The Bertz CT molecular complexity index is 213. The van der Waals surface area contributed by atoms with Gasteiger partial charge in [0, 0.05) is 33.7 Å². The van der Waals surface area contributed by atoms with Gasteiger partial charge in [-0.1, -0.05) is 0 Å². The second kappa shape index (κ2) is 9.59. The predicted molar refractivity (Wildman–Crippen MR) is 55.4 cm³/mol. The fourth-order valence-electron chi connectivity index (χ4n) is 1.15. The second-order valence-electron chi connectivity index (χ2n) is 3.15. The summed E-state index contributed by atoms with van der Waals surface area (Å²) in [6.45, 7) is 2.25. The van der Waals surface area contributed by atoms with Crippen molar-refractivity contribution in [3.8, 4) is 6.07 Å². The lowest BCUT2D eigenvalue weighted by molar-refractivity contribution is -0.123. The molecule has 0 amide bonds. The van der Waals surface area contributed by atoms with Crippen LogP contribution in [0.3, 0.4) is 0 Å². The number of carbonyl (C=O) groups is 1. The molecule has 0 aliphatic heterocycles. The lowest BCUT2D eigenvalue weighted by Crippen LogP contribution is -2.34. The molecule has 0 saturated heterocycles. The molecule has 0 unspecified atom stereocenters. The number of Topliss-reactive ketones (excluding diaryl/α,β-unsaturated/α-hetero) is 1. The van der Waals surface area contributed by atoms with Crippen molar-refractivity contribution in [1.82, 2.24) is 4.90 Å². The van der Waals surface area contributed by atoms with E-state index in [1.165, 1.54) is 7.11 Å². The van der Waals surface area contributed by atoms with E-state index >= 15 is 0 Å². The Labute approximate surface area is 90.6 Å². The van der Waals surface area contributed by atoms with Crippen molar-refractivity contribution < 1.29 is 14.3 Å². The minimum Gasteiger partial charge on any atom is -0.383 e. The summed E-state index contributed by atoms with van der Waals surface area (Å²) in [6.07, 6.45) is 0.421. The van der Waals surface area contributed by atoms with Crippen LogP contribution in [0, 0.1) is 11.3 Å². The Hall–Kier alpha value is -0.960. The van der Waals surface area contributed by atoms with E-state index in [1.807, 2.05) is 4.90 Å². The van der Waals surface area contributed by atoms with E-state index in [2.05, 4.69) is 6.07 Å². The van der Waals surface area contributed by atoms with Crippen molar-refractivity contribution in [2.75, 3.05) is 47.1 Å². The van der Waals surface area contributed by atoms with E-state index in [0.29, 0.717) is 32.7 Å². The minimum absolute atomic E-state index is 0.0199. The number of rotatable bonds is 9. The molecule has 0 N–H and O–H groups in total. The number of hydrogen-bond acceptors (Lipinski definition) is 5. The maximum absolute atomic E-state index is 11.3. The van der Waals surface area contributed by atoms with Gasteiger partial charge in [0.05, 0.1) is 19.2 Å². The highest BCUT2D eigenvalue weighted by molar-refractivity contribution is 5.81. The molecule has 5 heteroatoms. The summed E-state index contributed by atoms with van der Waals surface area (Å²) in [6, 6.07) is 2.05. The molecule has 0 rings (SSSR count). The van der Waals surface area contributed by atoms with Crippen LogP contribution in [0.4, 0.5) is 0 Å². The van der Waals surface area contributed by atoms with Crippen LogP contribution in [0.5, 0.6) is 0 Å². The number of hydrogen-bond donors (Lipinski definition) is 0. The van der Waals surface area contributed by atoms with Gasteiger partial charge in [-0.25, -0.2) is 0 Å². The predicted octanol–water partition coefficient (Wildman–Crippen LogP) is 0.0640. The van der Waals surface area contributed by atoms with Crippen molar-refractivity contribution in [2.24, 2.45) is 0 Å². The van der Waals surface area contributed by atoms with Gasteiger partial charge in [-0.05, 0) is 0 Å². The van der Waals surface area contributed by atoms with Crippen LogP contribution < -0.4 is 0 Å². The van der Waals surface area contributed by atoms with Gasteiger partial charge >= 0.3 is 0 Å². The molecule has 0 atom stereocenters. The molecule has 0 aliphatic rings. The van der Waals surface area contributed by atoms with Gasteiger partial charge in [-0.15, -0.1) is 0 Å². The number of nitriles is 1. The lowest BCUT2D eigenvalue weighted by atomic mass is 10.3. The summed E-state index contributed by atoms with van der Waals surface area (Å²) in [4.78, 5) is 13.2. The highest BCUT2D eigenvalue weighted by atomic mass is 16.5. The first-order valence-corrected chi connectivity index (χ1v) is 4.83. The minimum atomic E-state index is 0.0199. The summed E-state index contributed by atoms with van der Waals surface area (Å²) in [5.74, 6) is 0.0199. The van der Waals surface area contributed by atoms with E-state index in [-0.39, 0.29) is 12.4 Å². The molecule has 0 saturated carbocycles. The highest BCUT2D eigenvalue weighted by Crippen LogP contribution is 1.92. The Morgan fingerprint density at radius 3 is 2.60 bits per heavy atom. The highest BCUT2D eigenvalue weighted by Gasteiger charge is 2.09. The summed E-state index contributed by atoms with van der Waals surface area (Å²) in [5, 5.41) is 8.46. The zero-order chi connectivity index (χ0) is 11.5. The lowest BCUT2D eigenvalue weighted by Gasteiger charge is -2.19. The van der Waals surface area contributed by atoms with Crippen LogP contribution in [0.2, 0.25) is 0 Å². The maximum Gasteiger partial charge on any atom is 0.172 e. The molecule has 0 heterocycles. The topological polar surface area (TPSA) is 62.6 Å². The number of nitrogens with zero attached hydrogens (tertiary/aromatic N) is 2. The molecule has 5 nitrogen and oxygen atoms in total. The first-order chi connectivity index (χ1) is 7.24. The van der Waals surface area contributed by atoms with Crippen LogP contribution in [-0.4, -0.2) is 57.8 Å². The van der Waals surface area contributed by atoms with E-state index < -0.39 is 0 Å². The van der Waals surface area contributed by atoms with E-state index in [1.54, 1.807) is 7.11 Å². The average Bonchev–Trinajstić information content (AvgIpc) is 2.22. The quantitative estimate of drug-likeness (QED) is 0.543. The smallest absolute Gasteiger partial charge is 0.172 e. The number of ether oxygens (including phenoxy) is 2. The fraction of sp³-hybridized carbons (Fsp3) is 0.800. The third-order valence-corrected chi connectivity index (χ3v) is 1.86. The van der Waals surface area contributed by atoms with E-state index in [0.717, 1.165) is 0 Å². The first kappa shape index (κ1) is 14.0. The normalized spacial score (nSPS) is 10.3. The largest absolute Gasteiger partial charge is 0.383 e. The average molecular weight is 214 g/mol. The van der Waals surface area contributed by atoms with Gasteiger partial charge in [0.25, 0.3) is 0 Å².